The maximum Gasteiger partial charge on any atom is 0.332 e. The molecule has 0 aromatic carbocycles. The van der Waals surface area contributed by atoms with E-state index in [0.29, 0.717) is 37.2 Å². The van der Waals surface area contributed by atoms with E-state index in [-0.39, 0.29) is 17.0 Å². The van der Waals surface area contributed by atoms with Crippen LogP contribution >= 0.6 is 0 Å². The Morgan fingerprint density at radius 1 is 0.962 bits per heavy atom. The molecule has 0 N–H and O–H groups in total. The van der Waals surface area contributed by atoms with Gasteiger partial charge in [0.05, 0.1) is 6.33 Å². The van der Waals surface area contributed by atoms with Crippen molar-refractivity contribution in [1.29, 1.82) is 0 Å². The normalized spacial score (nSPS) is 11.3. The molecule has 0 aliphatic heterocycles. The highest BCUT2D eigenvalue weighted by atomic mass is 16.2. The molecule has 0 aliphatic rings. The Hall–Kier alpha value is -2.18. The number of rotatable bonds is 11. The summed E-state index contributed by atoms with van der Waals surface area (Å²) in [6.45, 7) is 7.33. The summed E-state index contributed by atoms with van der Waals surface area (Å²) < 4.78 is 4.83. The first kappa shape index (κ1) is 20.1. The predicted molar refractivity (Wildman–Crippen MR) is 103 cm³/mol. The third-order valence-electron chi connectivity index (χ3n) is 4.63. The van der Waals surface area contributed by atoms with Crippen LogP contribution in [0.3, 0.4) is 0 Å². The molecule has 0 amide bonds. The van der Waals surface area contributed by atoms with Gasteiger partial charge >= 0.3 is 5.69 Å². The van der Waals surface area contributed by atoms with Gasteiger partial charge in [-0.3, -0.25) is 13.9 Å². The zero-order valence-corrected chi connectivity index (χ0v) is 16.2. The zero-order valence-electron chi connectivity index (χ0n) is 16.2. The second-order valence-corrected chi connectivity index (χ2v) is 6.87. The van der Waals surface area contributed by atoms with Crippen LogP contribution in [-0.4, -0.2) is 24.5 Å². The van der Waals surface area contributed by atoms with Crippen molar-refractivity contribution in [2.45, 2.75) is 85.4 Å². The van der Waals surface area contributed by atoms with E-state index in [1.165, 1.54) is 4.57 Å². The molecule has 0 aliphatic carbocycles. The number of unbranched alkanes of at least 4 members (excludes halogenated alkanes) is 3. The lowest BCUT2D eigenvalue weighted by Crippen LogP contribution is -2.40. The van der Waals surface area contributed by atoms with Gasteiger partial charge < -0.3 is 9.36 Å². The van der Waals surface area contributed by atoms with Crippen molar-refractivity contribution >= 4 is 16.9 Å². The van der Waals surface area contributed by atoms with Crippen molar-refractivity contribution in [3.8, 4) is 0 Å². The highest BCUT2D eigenvalue weighted by Gasteiger charge is 2.17. The molecule has 7 heteroatoms. The molecule has 0 saturated heterocycles. The fourth-order valence-corrected chi connectivity index (χ4v) is 3.10. The van der Waals surface area contributed by atoms with Gasteiger partial charge in [0.15, 0.2) is 11.2 Å². The molecule has 0 fully saturated rings. The lowest BCUT2D eigenvalue weighted by Gasteiger charge is -2.12. The van der Waals surface area contributed by atoms with Crippen molar-refractivity contribution in [2.75, 3.05) is 0 Å². The Morgan fingerprint density at radius 3 is 2.23 bits per heavy atom. The summed E-state index contributed by atoms with van der Waals surface area (Å²) in [4.78, 5) is 41.2. The molecule has 2 aromatic rings. The number of nitrogens with zero attached hydrogens (tertiary/aromatic N) is 4. The van der Waals surface area contributed by atoms with E-state index < -0.39 is 0 Å². The Balaban J connectivity index is 2.44. The standard InChI is InChI=1S/C19H30N4O3/c1-4-6-12-22-17-16(18(25)23(19(22)26)13-7-5-2)21(14-20-17)11-9-8-10-15(3)24/h14H,4-13H2,1-3H3. The molecule has 7 nitrogen and oxygen atoms in total. The van der Waals surface area contributed by atoms with E-state index in [1.807, 2.05) is 11.5 Å². The molecule has 26 heavy (non-hydrogen) atoms. The van der Waals surface area contributed by atoms with Gasteiger partial charge in [-0.2, -0.15) is 0 Å². The van der Waals surface area contributed by atoms with E-state index in [4.69, 9.17) is 0 Å². The van der Waals surface area contributed by atoms with Gasteiger partial charge in [0.2, 0.25) is 0 Å². The van der Waals surface area contributed by atoms with E-state index in [2.05, 4.69) is 11.9 Å². The Labute approximate surface area is 153 Å². The topological polar surface area (TPSA) is 78.9 Å². The molecule has 2 rings (SSSR count). The first-order valence-electron chi connectivity index (χ1n) is 9.69. The number of ketones is 1. The number of fused-ring (bicyclic) bond motifs is 1. The number of hydrogen-bond donors (Lipinski definition) is 0. The maximum absolute atomic E-state index is 12.9. The van der Waals surface area contributed by atoms with Gasteiger partial charge in [0.25, 0.3) is 5.56 Å². The summed E-state index contributed by atoms with van der Waals surface area (Å²) in [5.41, 5.74) is 0.467. The van der Waals surface area contributed by atoms with Crippen LogP contribution < -0.4 is 11.2 Å². The molecule has 0 unspecified atom stereocenters. The molecular weight excluding hydrogens is 332 g/mol. The number of carbonyl (C=O) groups excluding carboxylic acids is 1. The number of hydrogen-bond acceptors (Lipinski definition) is 4. The third kappa shape index (κ3) is 4.51. The monoisotopic (exact) mass is 362 g/mol. The van der Waals surface area contributed by atoms with Crippen LogP contribution in [0.25, 0.3) is 11.2 Å². The number of aryl methyl sites for hydroxylation is 2. The van der Waals surface area contributed by atoms with Crippen LogP contribution in [0.4, 0.5) is 0 Å². The van der Waals surface area contributed by atoms with Gasteiger partial charge in [-0.25, -0.2) is 9.78 Å². The predicted octanol–water partition coefficient (Wildman–Crippen LogP) is 2.72. The third-order valence-corrected chi connectivity index (χ3v) is 4.63. The van der Waals surface area contributed by atoms with Crippen LogP contribution in [-0.2, 0) is 24.4 Å². The van der Waals surface area contributed by atoms with Gasteiger partial charge in [-0.05, 0) is 32.6 Å². The maximum atomic E-state index is 12.9. The minimum absolute atomic E-state index is 0.177. The van der Waals surface area contributed by atoms with Crippen LogP contribution in [0, 0.1) is 0 Å². The van der Waals surface area contributed by atoms with Gasteiger partial charge in [-0.15, -0.1) is 0 Å². The van der Waals surface area contributed by atoms with Crippen molar-refractivity contribution in [3.05, 3.63) is 27.2 Å². The van der Waals surface area contributed by atoms with E-state index in [1.54, 1.807) is 17.8 Å². The molecule has 0 bridgehead atoms. The first-order chi connectivity index (χ1) is 12.5. The summed E-state index contributed by atoms with van der Waals surface area (Å²) in [6, 6.07) is 0. The van der Waals surface area contributed by atoms with Crippen LogP contribution in [0.1, 0.15) is 65.7 Å². The second-order valence-electron chi connectivity index (χ2n) is 6.87. The largest absolute Gasteiger partial charge is 0.332 e. The van der Waals surface area contributed by atoms with Crippen LogP contribution in [0.5, 0.6) is 0 Å². The van der Waals surface area contributed by atoms with Gasteiger partial charge in [-0.1, -0.05) is 26.7 Å². The van der Waals surface area contributed by atoms with Crippen LogP contribution in [0.2, 0.25) is 0 Å². The van der Waals surface area contributed by atoms with Crippen molar-refractivity contribution in [1.82, 2.24) is 18.7 Å². The highest BCUT2D eigenvalue weighted by Crippen LogP contribution is 2.10. The number of carbonyl (C=O) groups is 1. The molecule has 0 spiro atoms. The Bertz CT molecular complexity index is 860. The fourth-order valence-electron chi connectivity index (χ4n) is 3.10. The smallest absolute Gasteiger partial charge is 0.325 e. The summed E-state index contributed by atoms with van der Waals surface area (Å²) in [6.07, 6.45) is 7.33. The van der Waals surface area contributed by atoms with Gasteiger partial charge in [0, 0.05) is 26.1 Å². The molecule has 2 aromatic heterocycles. The lowest BCUT2D eigenvalue weighted by atomic mass is 10.2. The summed E-state index contributed by atoms with van der Waals surface area (Å²) in [5.74, 6) is 0.177. The molecule has 0 radical (unpaired) electrons. The minimum atomic E-state index is -0.258. The van der Waals surface area contributed by atoms with Crippen molar-refractivity contribution in [3.63, 3.8) is 0 Å². The van der Waals surface area contributed by atoms with E-state index in [9.17, 15) is 14.4 Å². The summed E-state index contributed by atoms with van der Waals surface area (Å²) in [5, 5.41) is 0. The van der Waals surface area contributed by atoms with Crippen molar-refractivity contribution < 1.29 is 4.79 Å². The SMILES string of the molecule is CCCCn1c(=O)c2c(ncn2CCCCC(C)=O)n(CCCC)c1=O. The number of Topliss-reactive ketones (excluding diaryl/α,β-unsaturated/α-hetero) is 1. The highest BCUT2D eigenvalue weighted by molar-refractivity contribution is 5.75. The second kappa shape index (κ2) is 9.50. The average molecular weight is 362 g/mol. The van der Waals surface area contributed by atoms with E-state index in [0.717, 1.165) is 38.5 Å². The number of imidazole rings is 1. The van der Waals surface area contributed by atoms with Crippen molar-refractivity contribution in [2.24, 2.45) is 0 Å². The summed E-state index contributed by atoms with van der Waals surface area (Å²) >= 11 is 0. The number of aromatic nitrogens is 4. The Kier molecular flexibility index (Phi) is 7.36. The zero-order chi connectivity index (χ0) is 19.1. The average Bonchev–Trinajstić information content (AvgIpc) is 3.02. The van der Waals surface area contributed by atoms with E-state index >= 15 is 0 Å². The molecular formula is C19H30N4O3. The van der Waals surface area contributed by atoms with Crippen LogP contribution in [0.15, 0.2) is 15.9 Å². The minimum Gasteiger partial charge on any atom is -0.325 e. The molecule has 0 saturated carbocycles. The fraction of sp³-hybridized carbons (Fsp3) is 0.684. The molecule has 0 atom stereocenters. The first-order valence-corrected chi connectivity index (χ1v) is 9.69. The quantitative estimate of drug-likeness (QED) is 0.576. The molecule has 2 heterocycles. The van der Waals surface area contributed by atoms with Gasteiger partial charge in [0.1, 0.15) is 5.78 Å². The Morgan fingerprint density at radius 2 is 1.62 bits per heavy atom. The lowest BCUT2D eigenvalue weighted by molar-refractivity contribution is -0.117. The molecule has 144 valence electrons. The summed E-state index contributed by atoms with van der Waals surface area (Å²) in [7, 11) is 0.